The third-order valence-electron chi connectivity index (χ3n) is 5.33. The third-order valence-corrected chi connectivity index (χ3v) is 8.46. The molecule has 1 aromatic carbocycles. The number of aryl methyl sites for hydroxylation is 1. The molecule has 1 saturated heterocycles. The Morgan fingerprint density at radius 3 is 2.59 bits per heavy atom. The summed E-state index contributed by atoms with van der Waals surface area (Å²) in [7, 11) is -3.95. The predicted molar refractivity (Wildman–Crippen MR) is 107 cm³/mol. The van der Waals surface area contributed by atoms with Crippen LogP contribution in [0.3, 0.4) is 0 Å². The number of fused-ring (bicyclic) bond motifs is 1. The molecule has 154 valence electrons. The van der Waals surface area contributed by atoms with E-state index in [1.54, 1.807) is 0 Å². The second-order valence-electron chi connectivity index (χ2n) is 7.14. The number of rotatable bonds is 5. The number of benzene rings is 1. The Labute approximate surface area is 171 Å². The Hall–Kier alpha value is -2.30. The molecule has 1 aliphatic carbocycles. The number of thiophene rings is 1. The van der Waals surface area contributed by atoms with Crippen LogP contribution in [0.1, 0.15) is 40.1 Å². The number of hydrogen-bond donors (Lipinski definition) is 2. The van der Waals surface area contributed by atoms with E-state index in [4.69, 9.17) is 5.73 Å². The molecule has 3 N–H and O–H groups in total. The van der Waals surface area contributed by atoms with Crippen molar-refractivity contribution in [3.63, 3.8) is 0 Å². The maximum atomic E-state index is 13.2. The van der Waals surface area contributed by atoms with E-state index in [9.17, 15) is 22.4 Å². The summed E-state index contributed by atoms with van der Waals surface area (Å²) in [6.07, 6.45) is 3.42. The molecule has 7 nitrogen and oxygen atoms in total. The minimum atomic E-state index is -3.95. The maximum absolute atomic E-state index is 13.2. The SMILES string of the molecule is NC(=O)c1c(NC(=O)[C@H]2CCCN2S(=O)(=O)c2ccc(F)cc2)sc2c1CCC2. The lowest BCUT2D eigenvalue weighted by molar-refractivity contribution is -0.119. The Bertz CT molecular complexity index is 1080. The molecule has 0 spiro atoms. The standard InChI is InChI=1S/C19H20FN3O4S2/c20-11-6-8-12(9-7-11)29(26,27)23-10-2-4-14(23)18(25)22-19-16(17(21)24)13-3-1-5-15(13)28-19/h6-9,14H,1-5,10H2,(H2,21,24)(H,22,25)/t14-/m1/s1. The van der Waals surface area contributed by atoms with Gasteiger partial charge in [0.25, 0.3) is 5.91 Å². The predicted octanol–water partition coefficient (Wildman–Crippen LogP) is 2.27. The fourth-order valence-electron chi connectivity index (χ4n) is 3.98. The van der Waals surface area contributed by atoms with Crippen LogP contribution in [-0.2, 0) is 27.7 Å². The monoisotopic (exact) mass is 437 g/mol. The van der Waals surface area contributed by atoms with E-state index >= 15 is 0 Å². The molecule has 0 saturated carbocycles. The first-order valence-electron chi connectivity index (χ1n) is 9.31. The summed E-state index contributed by atoms with van der Waals surface area (Å²) in [6, 6.07) is 3.62. The van der Waals surface area contributed by atoms with Crippen molar-refractivity contribution in [2.24, 2.45) is 5.73 Å². The first kappa shape index (κ1) is 20.0. The number of sulfonamides is 1. The Kier molecular flexibility index (Phi) is 5.18. The van der Waals surface area contributed by atoms with Gasteiger partial charge < -0.3 is 11.1 Å². The quantitative estimate of drug-likeness (QED) is 0.748. The van der Waals surface area contributed by atoms with Gasteiger partial charge in [-0.15, -0.1) is 11.3 Å². The molecule has 1 fully saturated rings. The molecule has 0 unspecified atom stereocenters. The summed E-state index contributed by atoms with van der Waals surface area (Å²) in [5.41, 5.74) is 6.75. The first-order chi connectivity index (χ1) is 13.8. The number of anilines is 1. The zero-order valence-corrected chi connectivity index (χ0v) is 17.1. The molecule has 4 rings (SSSR count). The fraction of sp³-hybridized carbons (Fsp3) is 0.368. The average molecular weight is 438 g/mol. The zero-order chi connectivity index (χ0) is 20.8. The molecule has 2 aliphatic rings. The van der Waals surface area contributed by atoms with E-state index in [2.05, 4.69) is 5.32 Å². The van der Waals surface area contributed by atoms with E-state index in [1.807, 2.05) is 0 Å². The number of carbonyl (C=O) groups is 2. The average Bonchev–Trinajstić information content (AvgIpc) is 3.37. The van der Waals surface area contributed by atoms with Gasteiger partial charge in [0.2, 0.25) is 15.9 Å². The van der Waals surface area contributed by atoms with Crippen LogP contribution in [0.25, 0.3) is 0 Å². The van der Waals surface area contributed by atoms with E-state index < -0.39 is 33.7 Å². The van der Waals surface area contributed by atoms with Crippen molar-refractivity contribution in [2.75, 3.05) is 11.9 Å². The van der Waals surface area contributed by atoms with Crippen molar-refractivity contribution in [3.05, 3.63) is 46.1 Å². The molecule has 2 amide bonds. The topological polar surface area (TPSA) is 110 Å². The maximum Gasteiger partial charge on any atom is 0.251 e. The van der Waals surface area contributed by atoms with E-state index in [-0.39, 0.29) is 11.4 Å². The van der Waals surface area contributed by atoms with Gasteiger partial charge in [-0.25, -0.2) is 12.8 Å². The molecular weight excluding hydrogens is 417 g/mol. The van der Waals surface area contributed by atoms with Crippen LogP contribution in [0.2, 0.25) is 0 Å². The van der Waals surface area contributed by atoms with E-state index in [0.29, 0.717) is 23.4 Å². The molecular formula is C19H20FN3O4S2. The first-order valence-corrected chi connectivity index (χ1v) is 11.6. The van der Waals surface area contributed by atoms with Gasteiger partial charge in [0.15, 0.2) is 0 Å². The number of hydrogen-bond acceptors (Lipinski definition) is 5. The van der Waals surface area contributed by atoms with Gasteiger partial charge in [0.05, 0.1) is 10.5 Å². The highest BCUT2D eigenvalue weighted by Gasteiger charge is 2.40. The van der Waals surface area contributed by atoms with Crippen LogP contribution in [0, 0.1) is 5.82 Å². The molecule has 0 radical (unpaired) electrons. The lowest BCUT2D eigenvalue weighted by Crippen LogP contribution is -2.43. The fourth-order valence-corrected chi connectivity index (χ4v) is 6.93. The van der Waals surface area contributed by atoms with E-state index in [0.717, 1.165) is 46.1 Å². The Morgan fingerprint density at radius 2 is 1.90 bits per heavy atom. The van der Waals surface area contributed by atoms with Crippen LogP contribution in [-0.4, -0.2) is 37.1 Å². The van der Waals surface area contributed by atoms with Crippen LogP contribution in [0.5, 0.6) is 0 Å². The number of halogens is 1. The second-order valence-corrected chi connectivity index (χ2v) is 10.1. The largest absolute Gasteiger partial charge is 0.365 e. The van der Waals surface area contributed by atoms with Gasteiger partial charge >= 0.3 is 0 Å². The molecule has 0 bridgehead atoms. The third kappa shape index (κ3) is 3.56. The number of primary amides is 1. The summed E-state index contributed by atoms with van der Waals surface area (Å²) in [4.78, 5) is 25.8. The normalized spacial score (nSPS) is 19.3. The molecule has 1 atom stereocenters. The van der Waals surface area contributed by atoms with Crippen molar-refractivity contribution in [2.45, 2.75) is 43.0 Å². The van der Waals surface area contributed by atoms with Crippen LogP contribution < -0.4 is 11.1 Å². The highest BCUT2D eigenvalue weighted by atomic mass is 32.2. The lowest BCUT2D eigenvalue weighted by atomic mass is 10.1. The molecule has 10 heteroatoms. The van der Waals surface area contributed by atoms with Gasteiger partial charge in [-0.1, -0.05) is 0 Å². The van der Waals surface area contributed by atoms with Crippen molar-refractivity contribution in [1.29, 1.82) is 0 Å². The Balaban J connectivity index is 1.59. The smallest absolute Gasteiger partial charge is 0.251 e. The highest BCUT2D eigenvalue weighted by Crippen LogP contribution is 2.39. The van der Waals surface area contributed by atoms with Crippen LogP contribution in [0.15, 0.2) is 29.2 Å². The minimum absolute atomic E-state index is 0.0634. The number of carbonyl (C=O) groups excluding carboxylic acids is 2. The summed E-state index contributed by atoms with van der Waals surface area (Å²) >= 11 is 1.33. The van der Waals surface area contributed by atoms with Gasteiger partial charge in [0.1, 0.15) is 16.9 Å². The molecule has 2 heterocycles. The Morgan fingerprint density at radius 1 is 1.17 bits per heavy atom. The lowest BCUT2D eigenvalue weighted by Gasteiger charge is -2.23. The zero-order valence-electron chi connectivity index (χ0n) is 15.5. The van der Waals surface area contributed by atoms with Crippen molar-refractivity contribution in [1.82, 2.24) is 4.31 Å². The van der Waals surface area contributed by atoms with Crippen LogP contribution in [0.4, 0.5) is 9.39 Å². The van der Waals surface area contributed by atoms with Gasteiger partial charge in [0, 0.05) is 11.4 Å². The number of nitrogens with one attached hydrogen (secondary N) is 1. The van der Waals surface area contributed by atoms with E-state index in [1.165, 1.54) is 23.5 Å². The minimum Gasteiger partial charge on any atom is -0.365 e. The van der Waals surface area contributed by atoms with Crippen molar-refractivity contribution in [3.8, 4) is 0 Å². The van der Waals surface area contributed by atoms with Gasteiger partial charge in [-0.05, 0) is 61.9 Å². The van der Waals surface area contributed by atoms with Gasteiger partial charge in [-0.2, -0.15) is 4.31 Å². The summed E-state index contributed by atoms with van der Waals surface area (Å²) in [6.45, 7) is 0.196. The van der Waals surface area contributed by atoms with Crippen LogP contribution >= 0.6 is 11.3 Å². The summed E-state index contributed by atoms with van der Waals surface area (Å²) in [5.74, 6) is -1.62. The number of nitrogens with zero attached hydrogens (tertiary/aromatic N) is 1. The molecule has 29 heavy (non-hydrogen) atoms. The summed E-state index contributed by atoms with van der Waals surface area (Å²) in [5, 5.41) is 3.13. The number of nitrogens with two attached hydrogens (primary N) is 1. The molecule has 1 aliphatic heterocycles. The van der Waals surface area contributed by atoms with Crippen molar-refractivity contribution < 1.29 is 22.4 Å². The molecule has 2 aromatic rings. The second kappa shape index (κ2) is 7.51. The number of amides is 2. The highest BCUT2D eigenvalue weighted by molar-refractivity contribution is 7.89. The summed E-state index contributed by atoms with van der Waals surface area (Å²) < 4.78 is 40.2. The van der Waals surface area contributed by atoms with Crippen molar-refractivity contribution >= 4 is 38.2 Å². The molecule has 1 aromatic heterocycles. The van der Waals surface area contributed by atoms with Gasteiger partial charge in [-0.3, -0.25) is 9.59 Å².